The van der Waals surface area contributed by atoms with Crippen LogP contribution in [0.2, 0.25) is 0 Å². The van der Waals surface area contributed by atoms with Crippen LogP contribution in [0.4, 0.5) is 0 Å². The van der Waals surface area contributed by atoms with Gasteiger partial charge in [0, 0.05) is 26.2 Å². The Morgan fingerprint density at radius 1 is 0.875 bits per heavy atom. The Kier molecular flexibility index (Phi) is 7.40. The molecular weight excluding hydrogens is 428 g/mol. The lowest BCUT2D eigenvalue weighted by molar-refractivity contribution is -0.130. The van der Waals surface area contributed by atoms with Gasteiger partial charge >= 0.3 is 5.97 Å². The van der Waals surface area contributed by atoms with Crippen LogP contribution < -0.4 is 5.32 Å². The first kappa shape index (κ1) is 23.2. The normalized spacial score (nSPS) is 12.2. The molecule has 1 N–H and O–H groups in total. The number of esters is 1. The molecule has 0 aliphatic rings. The number of benzene rings is 3. The summed E-state index contributed by atoms with van der Waals surface area (Å²) in [4.78, 5) is 25.7. The van der Waals surface area contributed by atoms with Crippen LogP contribution in [0.5, 0.6) is 0 Å². The standard InChI is InChI=1S/C24H24N2O5S/c1-26(2)32(29,30)21-15-13-20(14-16-21)24(28)31-22(19-11-7-4-8-12-19)23(27)25-17-18-9-5-3-6-10-18/h3-16,22H,17H2,1-2H3,(H,25,27)/t22-/m1/s1. The Morgan fingerprint density at radius 3 is 2.00 bits per heavy atom. The van der Waals surface area contributed by atoms with E-state index in [9.17, 15) is 18.0 Å². The van der Waals surface area contributed by atoms with Crippen molar-refractivity contribution in [1.82, 2.24) is 9.62 Å². The van der Waals surface area contributed by atoms with Gasteiger partial charge in [-0.15, -0.1) is 0 Å². The van der Waals surface area contributed by atoms with E-state index in [0.717, 1.165) is 9.87 Å². The minimum absolute atomic E-state index is 0.0549. The number of sulfonamides is 1. The molecule has 0 unspecified atom stereocenters. The van der Waals surface area contributed by atoms with Crippen LogP contribution in [0.25, 0.3) is 0 Å². The second-order valence-electron chi connectivity index (χ2n) is 7.21. The molecule has 8 heteroatoms. The van der Waals surface area contributed by atoms with E-state index in [2.05, 4.69) is 5.32 Å². The average Bonchev–Trinajstić information content (AvgIpc) is 2.82. The summed E-state index contributed by atoms with van der Waals surface area (Å²) in [6, 6.07) is 23.5. The SMILES string of the molecule is CN(C)S(=O)(=O)c1ccc(C(=O)O[C@@H](C(=O)NCc2ccccc2)c2ccccc2)cc1. The van der Waals surface area contributed by atoms with Gasteiger partial charge in [-0.2, -0.15) is 0 Å². The maximum atomic E-state index is 12.9. The molecular formula is C24H24N2O5S. The smallest absolute Gasteiger partial charge is 0.339 e. The van der Waals surface area contributed by atoms with Gasteiger partial charge in [-0.1, -0.05) is 60.7 Å². The highest BCUT2D eigenvalue weighted by atomic mass is 32.2. The molecule has 32 heavy (non-hydrogen) atoms. The molecule has 3 aromatic carbocycles. The molecule has 0 spiro atoms. The van der Waals surface area contributed by atoms with E-state index in [1.54, 1.807) is 30.3 Å². The Hall–Kier alpha value is -3.49. The van der Waals surface area contributed by atoms with E-state index in [-0.39, 0.29) is 17.0 Å². The quantitative estimate of drug-likeness (QED) is 0.530. The molecule has 0 bridgehead atoms. The van der Waals surface area contributed by atoms with E-state index in [1.807, 2.05) is 30.3 Å². The third-order valence-electron chi connectivity index (χ3n) is 4.74. The van der Waals surface area contributed by atoms with Crippen molar-refractivity contribution in [2.75, 3.05) is 14.1 Å². The molecule has 3 rings (SSSR count). The van der Waals surface area contributed by atoms with Crippen LogP contribution in [-0.4, -0.2) is 38.7 Å². The van der Waals surface area contributed by atoms with Gasteiger partial charge in [0.2, 0.25) is 16.1 Å². The van der Waals surface area contributed by atoms with Crippen molar-refractivity contribution in [1.29, 1.82) is 0 Å². The molecule has 0 aromatic heterocycles. The molecule has 3 aromatic rings. The summed E-state index contributed by atoms with van der Waals surface area (Å²) in [6.45, 7) is 0.289. The number of rotatable bonds is 8. The van der Waals surface area contributed by atoms with Crippen molar-refractivity contribution >= 4 is 21.9 Å². The number of carbonyl (C=O) groups is 2. The lowest BCUT2D eigenvalue weighted by Gasteiger charge is -2.18. The Morgan fingerprint density at radius 2 is 1.44 bits per heavy atom. The maximum absolute atomic E-state index is 12.9. The van der Waals surface area contributed by atoms with Gasteiger partial charge in [0.15, 0.2) is 0 Å². The molecule has 7 nitrogen and oxygen atoms in total. The van der Waals surface area contributed by atoms with Gasteiger partial charge in [0.1, 0.15) is 0 Å². The van der Waals surface area contributed by atoms with Gasteiger partial charge in [-0.3, -0.25) is 4.79 Å². The van der Waals surface area contributed by atoms with Crippen molar-refractivity contribution in [3.05, 3.63) is 102 Å². The second kappa shape index (κ2) is 10.2. The Balaban J connectivity index is 1.77. The highest BCUT2D eigenvalue weighted by molar-refractivity contribution is 7.89. The number of nitrogens with one attached hydrogen (secondary N) is 1. The van der Waals surface area contributed by atoms with Crippen LogP contribution in [0.3, 0.4) is 0 Å². The third-order valence-corrected chi connectivity index (χ3v) is 6.57. The van der Waals surface area contributed by atoms with Crippen molar-refractivity contribution in [3.8, 4) is 0 Å². The van der Waals surface area contributed by atoms with Crippen LogP contribution in [0.15, 0.2) is 89.8 Å². The van der Waals surface area contributed by atoms with Gasteiger partial charge in [-0.25, -0.2) is 17.5 Å². The van der Waals surface area contributed by atoms with Crippen molar-refractivity contribution in [3.63, 3.8) is 0 Å². The summed E-state index contributed by atoms with van der Waals surface area (Å²) in [5.41, 5.74) is 1.58. The Labute approximate surface area is 187 Å². The minimum atomic E-state index is -3.62. The largest absolute Gasteiger partial charge is 0.444 e. The maximum Gasteiger partial charge on any atom is 0.339 e. The predicted molar refractivity (Wildman–Crippen MR) is 120 cm³/mol. The number of hydrogen-bond acceptors (Lipinski definition) is 5. The molecule has 0 saturated carbocycles. The first-order chi connectivity index (χ1) is 15.3. The fourth-order valence-corrected chi connectivity index (χ4v) is 3.83. The van der Waals surface area contributed by atoms with Crippen LogP contribution in [-0.2, 0) is 26.1 Å². The lowest BCUT2D eigenvalue weighted by atomic mass is 10.1. The molecule has 166 valence electrons. The minimum Gasteiger partial charge on any atom is -0.444 e. The van der Waals surface area contributed by atoms with E-state index in [4.69, 9.17) is 4.74 Å². The van der Waals surface area contributed by atoms with Gasteiger partial charge in [0.25, 0.3) is 5.91 Å². The summed E-state index contributed by atoms with van der Waals surface area (Å²) in [5, 5.41) is 2.79. The third kappa shape index (κ3) is 5.60. The zero-order valence-electron chi connectivity index (χ0n) is 17.8. The number of ether oxygens (including phenoxy) is 1. The van der Waals surface area contributed by atoms with E-state index in [1.165, 1.54) is 38.4 Å². The number of nitrogens with zero attached hydrogens (tertiary/aromatic N) is 1. The zero-order chi connectivity index (χ0) is 23.1. The number of hydrogen-bond donors (Lipinski definition) is 1. The summed E-state index contributed by atoms with van der Waals surface area (Å²) in [7, 11) is -0.762. The molecule has 0 aliphatic carbocycles. The summed E-state index contributed by atoms with van der Waals surface area (Å²) >= 11 is 0. The van der Waals surface area contributed by atoms with Crippen molar-refractivity contribution in [2.24, 2.45) is 0 Å². The van der Waals surface area contributed by atoms with Crippen LogP contribution in [0, 0.1) is 0 Å². The summed E-state index contributed by atoms with van der Waals surface area (Å²) in [6.07, 6.45) is -1.16. The van der Waals surface area contributed by atoms with E-state index in [0.29, 0.717) is 5.56 Å². The molecule has 0 radical (unpaired) electrons. The fraction of sp³-hybridized carbons (Fsp3) is 0.167. The number of amides is 1. The monoisotopic (exact) mass is 452 g/mol. The van der Waals surface area contributed by atoms with Gasteiger partial charge in [-0.05, 0) is 29.8 Å². The molecule has 1 amide bonds. The highest BCUT2D eigenvalue weighted by Gasteiger charge is 2.26. The van der Waals surface area contributed by atoms with Crippen molar-refractivity contribution < 1.29 is 22.7 Å². The lowest BCUT2D eigenvalue weighted by Crippen LogP contribution is -2.31. The van der Waals surface area contributed by atoms with E-state index < -0.39 is 28.0 Å². The first-order valence-electron chi connectivity index (χ1n) is 9.89. The van der Waals surface area contributed by atoms with Crippen molar-refractivity contribution in [2.45, 2.75) is 17.5 Å². The molecule has 0 heterocycles. The van der Waals surface area contributed by atoms with Crippen LogP contribution in [0.1, 0.15) is 27.6 Å². The highest BCUT2D eigenvalue weighted by Crippen LogP contribution is 2.21. The molecule has 0 aliphatic heterocycles. The average molecular weight is 453 g/mol. The van der Waals surface area contributed by atoms with Crippen LogP contribution >= 0.6 is 0 Å². The Bertz CT molecular complexity index is 1160. The summed E-state index contributed by atoms with van der Waals surface area (Å²) < 4.78 is 31.0. The number of carbonyl (C=O) groups excluding carboxylic acids is 2. The first-order valence-corrected chi connectivity index (χ1v) is 11.3. The zero-order valence-corrected chi connectivity index (χ0v) is 18.6. The van der Waals surface area contributed by atoms with Gasteiger partial charge in [0.05, 0.1) is 10.5 Å². The van der Waals surface area contributed by atoms with E-state index >= 15 is 0 Å². The fourth-order valence-electron chi connectivity index (χ4n) is 2.93. The molecule has 0 fully saturated rings. The second-order valence-corrected chi connectivity index (χ2v) is 9.36. The van der Waals surface area contributed by atoms with Gasteiger partial charge < -0.3 is 10.1 Å². The topological polar surface area (TPSA) is 92.8 Å². The molecule has 1 atom stereocenters. The molecule has 0 saturated heterocycles. The predicted octanol–water partition coefficient (Wildman–Crippen LogP) is 3.15. The summed E-state index contributed by atoms with van der Waals surface area (Å²) in [5.74, 6) is -1.19.